The van der Waals surface area contributed by atoms with Gasteiger partial charge in [-0.3, -0.25) is 0 Å². The SMILES string of the molecule is COc1cc2c(cc1F)NCCC(C(C)(C)C)N2. The maximum Gasteiger partial charge on any atom is 0.167 e. The van der Waals surface area contributed by atoms with Crippen molar-refractivity contribution in [2.45, 2.75) is 33.2 Å². The lowest BCUT2D eigenvalue weighted by Crippen LogP contribution is -2.34. The molecule has 0 aromatic heterocycles. The van der Waals surface area contributed by atoms with E-state index >= 15 is 0 Å². The Morgan fingerprint density at radius 3 is 2.61 bits per heavy atom. The van der Waals surface area contributed by atoms with Crippen LogP contribution in [-0.2, 0) is 0 Å². The molecule has 0 bridgehead atoms. The number of anilines is 2. The van der Waals surface area contributed by atoms with E-state index in [2.05, 4.69) is 31.4 Å². The molecule has 4 heteroatoms. The smallest absolute Gasteiger partial charge is 0.167 e. The summed E-state index contributed by atoms with van der Waals surface area (Å²) < 4.78 is 18.7. The molecule has 0 saturated carbocycles. The minimum absolute atomic E-state index is 0.158. The minimum atomic E-state index is -0.334. The molecule has 18 heavy (non-hydrogen) atoms. The van der Waals surface area contributed by atoms with Crippen molar-refractivity contribution in [3.8, 4) is 5.75 Å². The Bertz CT molecular complexity index is 440. The standard InChI is InChI=1S/C14H21FN2O/c1-14(2,3)13-5-6-16-10-7-9(15)12(18-4)8-11(10)17-13/h7-8,13,16-17H,5-6H2,1-4H3. The van der Waals surface area contributed by atoms with Crippen LogP contribution in [-0.4, -0.2) is 19.7 Å². The van der Waals surface area contributed by atoms with Crippen LogP contribution in [0, 0.1) is 11.2 Å². The average molecular weight is 252 g/mol. The van der Waals surface area contributed by atoms with Crippen LogP contribution in [0.5, 0.6) is 5.75 Å². The summed E-state index contributed by atoms with van der Waals surface area (Å²) in [6.07, 6.45) is 1.00. The Morgan fingerprint density at radius 2 is 2.00 bits per heavy atom. The fraction of sp³-hybridized carbons (Fsp3) is 0.571. The number of halogens is 1. The zero-order chi connectivity index (χ0) is 13.3. The zero-order valence-electron chi connectivity index (χ0n) is 11.4. The van der Waals surface area contributed by atoms with E-state index in [4.69, 9.17) is 4.74 Å². The van der Waals surface area contributed by atoms with Gasteiger partial charge in [0.15, 0.2) is 11.6 Å². The number of hydrogen-bond donors (Lipinski definition) is 2. The topological polar surface area (TPSA) is 33.3 Å². The first-order chi connectivity index (χ1) is 8.41. The molecule has 3 nitrogen and oxygen atoms in total. The van der Waals surface area contributed by atoms with Crippen molar-refractivity contribution in [3.63, 3.8) is 0 Å². The second-order valence-corrected chi connectivity index (χ2v) is 5.81. The van der Waals surface area contributed by atoms with E-state index in [1.54, 1.807) is 6.07 Å². The Hall–Kier alpha value is -1.45. The summed E-state index contributed by atoms with van der Waals surface area (Å²) in [7, 11) is 1.48. The van der Waals surface area contributed by atoms with Crippen LogP contribution in [0.4, 0.5) is 15.8 Å². The number of benzene rings is 1. The largest absolute Gasteiger partial charge is 0.494 e. The molecule has 0 aliphatic carbocycles. The van der Waals surface area contributed by atoms with Crippen LogP contribution in [0.1, 0.15) is 27.2 Å². The third kappa shape index (κ3) is 2.52. The van der Waals surface area contributed by atoms with Crippen LogP contribution in [0.15, 0.2) is 12.1 Å². The van der Waals surface area contributed by atoms with Gasteiger partial charge in [-0.05, 0) is 11.8 Å². The highest BCUT2D eigenvalue weighted by molar-refractivity contribution is 5.72. The molecule has 1 heterocycles. The molecule has 2 rings (SSSR count). The van der Waals surface area contributed by atoms with Crippen molar-refractivity contribution in [2.24, 2.45) is 5.41 Å². The number of nitrogens with one attached hydrogen (secondary N) is 2. The Balaban J connectivity index is 2.35. The first-order valence-corrected chi connectivity index (χ1v) is 6.30. The lowest BCUT2D eigenvalue weighted by Gasteiger charge is -2.31. The zero-order valence-corrected chi connectivity index (χ0v) is 11.4. The number of ether oxygens (including phenoxy) is 1. The van der Waals surface area contributed by atoms with E-state index in [0.717, 1.165) is 24.3 Å². The van der Waals surface area contributed by atoms with Crippen molar-refractivity contribution in [2.75, 3.05) is 24.3 Å². The first kappa shape index (κ1) is 13.0. The molecule has 1 aromatic carbocycles. The summed E-state index contributed by atoms with van der Waals surface area (Å²) in [4.78, 5) is 0. The maximum absolute atomic E-state index is 13.6. The van der Waals surface area contributed by atoms with Crippen molar-refractivity contribution >= 4 is 11.4 Å². The van der Waals surface area contributed by atoms with Gasteiger partial charge >= 0.3 is 0 Å². The molecule has 2 N–H and O–H groups in total. The van der Waals surface area contributed by atoms with Crippen LogP contribution >= 0.6 is 0 Å². The summed E-state index contributed by atoms with van der Waals surface area (Å²) in [6, 6.07) is 3.56. The Kier molecular flexibility index (Phi) is 3.37. The van der Waals surface area contributed by atoms with E-state index in [1.807, 2.05) is 0 Å². The molecule has 100 valence electrons. The lowest BCUT2D eigenvalue weighted by molar-refractivity contribution is 0.332. The predicted molar refractivity (Wildman–Crippen MR) is 72.9 cm³/mol. The second-order valence-electron chi connectivity index (χ2n) is 5.81. The Labute approximate surface area is 108 Å². The van der Waals surface area contributed by atoms with Crippen LogP contribution in [0.25, 0.3) is 0 Å². The number of methoxy groups -OCH3 is 1. The van der Waals surface area contributed by atoms with Gasteiger partial charge in [-0.15, -0.1) is 0 Å². The summed E-state index contributed by atoms with van der Waals surface area (Å²) >= 11 is 0. The van der Waals surface area contributed by atoms with E-state index in [9.17, 15) is 4.39 Å². The highest BCUT2D eigenvalue weighted by Crippen LogP contribution is 2.35. The van der Waals surface area contributed by atoms with Gasteiger partial charge in [0.2, 0.25) is 0 Å². The molecular weight excluding hydrogens is 231 g/mol. The molecule has 1 unspecified atom stereocenters. The van der Waals surface area contributed by atoms with Crippen LogP contribution in [0.2, 0.25) is 0 Å². The first-order valence-electron chi connectivity index (χ1n) is 6.30. The molecule has 0 radical (unpaired) electrons. The molecule has 0 spiro atoms. The number of rotatable bonds is 1. The third-order valence-electron chi connectivity index (χ3n) is 3.42. The van der Waals surface area contributed by atoms with E-state index in [1.165, 1.54) is 13.2 Å². The molecule has 1 aliphatic heterocycles. The average Bonchev–Trinajstić information content (AvgIpc) is 2.49. The van der Waals surface area contributed by atoms with E-state index in [-0.39, 0.29) is 17.0 Å². The van der Waals surface area contributed by atoms with Gasteiger partial charge in [0, 0.05) is 24.7 Å². The van der Waals surface area contributed by atoms with E-state index in [0.29, 0.717) is 6.04 Å². The summed E-state index contributed by atoms with van der Waals surface area (Å²) in [5, 5.41) is 6.75. The van der Waals surface area contributed by atoms with Gasteiger partial charge in [0.1, 0.15) is 0 Å². The molecule has 0 fully saturated rings. The van der Waals surface area contributed by atoms with Crippen LogP contribution < -0.4 is 15.4 Å². The molecule has 0 amide bonds. The van der Waals surface area contributed by atoms with Crippen molar-refractivity contribution in [3.05, 3.63) is 17.9 Å². The minimum Gasteiger partial charge on any atom is -0.494 e. The molecule has 1 atom stereocenters. The molecular formula is C14H21FN2O. The normalized spacial score (nSPS) is 19.3. The quantitative estimate of drug-likeness (QED) is 0.803. The summed E-state index contributed by atoms with van der Waals surface area (Å²) in [5.74, 6) is -0.0580. The highest BCUT2D eigenvalue weighted by Gasteiger charge is 2.27. The molecule has 1 aromatic rings. The molecule has 0 saturated heterocycles. The number of fused-ring (bicyclic) bond motifs is 1. The summed E-state index contributed by atoms with van der Waals surface area (Å²) in [5.41, 5.74) is 1.87. The van der Waals surface area contributed by atoms with Crippen molar-refractivity contribution < 1.29 is 9.13 Å². The van der Waals surface area contributed by atoms with E-state index < -0.39 is 0 Å². The van der Waals surface area contributed by atoms with Crippen molar-refractivity contribution in [1.82, 2.24) is 0 Å². The fourth-order valence-corrected chi connectivity index (χ4v) is 2.24. The van der Waals surface area contributed by atoms with Gasteiger partial charge in [-0.2, -0.15) is 0 Å². The van der Waals surface area contributed by atoms with Gasteiger partial charge < -0.3 is 15.4 Å². The molecule has 1 aliphatic rings. The third-order valence-corrected chi connectivity index (χ3v) is 3.42. The highest BCUT2D eigenvalue weighted by atomic mass is 19.1. The van der Waals surface area contributed by atoms with Gasteiger partial charge in [0.05, 0.1) is 18.5 Å². The maximum atomic E-state index is 13.6. The fourth-order valence-electron chi connectivity index (χ4n) is 2.24. The predicted octanol–water partition coefficient (Wildman–Crippen LogP) is 3.48. The monoisotopic (exact) mass is 252 g/mol. The number of hydrogen-bond acceptors (Lipinski definition) is 3. The van der Waals surface area contributed by atoms with Gasteiger partial charge in [0.25, 0.3) is 0 Å². The van der Waals surface area contributed by atoms with Crippen LogP contribution in [0.3, 0.4) is 0 Å². The second kappa shape index (κ2) is 4.67. The summed E-state index contributed by atoms with van der Waals surface area (Å²) in [6.45, 7) is 7.46. The van der Waals surface area contributed by atoms with Gasteiger partial charge in [-0.25, -0.2) is 4.39 Å². The van der Waals surface area contributed by atoms with Gasteiger partial charge in [-0.1, -0.05) is 20.8 Å². The Morgan fingerprint density at radius 1 is 1.28 bits per heavy atom. The lowest BCUT2D eigenvalue weighted by atomic mass is 9.85. The van der Waals surface area contributed by atoms with Crippen molar-refractivity contribution in [1.29, 1.82) is 0 Å².